The zero-order valence-electron chi connectivity index (χ0n) is 12.6. The molecule has 118 valence electrons. The SMILES string of the molecule is Cc1ccc(N=NC(OC(N)=O)C(N=N)c2ccccc2)cc1. The zero-order valence-corrected chi connectivity index (χ0v) is 12.6. The molecule has 3 N–H and O–H groups in total. The molecule has 2 aromatic carbocycles. The predicted molar refractivity (Wildman–Crippen MR) is 84.5 cm³/mol. The molecule has 7 heteroatoms. The van der Waals surface area contributed by atoms with E-state index < -0.39 is 18.4 Å². The minimum absolute atomic E-state index is 0.602. The highest BCUT2D eigenvalue weighted by atomic mass is 16.6. The molecule has 0 spiro atoms. The number of hydrogen-bond acceptors (Lipinski definition) is 6. The van der Waals surface area contributed by atoms with Crippen LogP contribution in [0.3, 0.4) is 0 Å². The first kappa shape index (κ1) is 16.3. The third-order valence-electron chi connectivity index (χ3n) is 3.11. The second-order valence-electron chi connectivity index (χ2n) is 4.86. The lowest BCUT2D eigenvalue weighted by Gasteiger charge is -2.17. The van der Waals surface area contributed by atoms with E-state index in [9.17, 15) is 4.79 Å². The summed E-state index contributed by atoms with van der Waals surface area (Å²) in [7, 11) is 0. The maximum absolute atomic E-state index is 11.1. The first-order chi connectivity index (χ1) is 11.1. The average Bonchev–Trinajstić information content (AvgIpc) is 2.55. The number of amides is 1. The number of rotatable bonds is 6. The third kappa shape index (κ3) is 4.70. The summed E-state index contributed by atoms with van der Waals surface area (Å²) in [6.45, 7) is 1.96. The van der Waals surface area contributed by atoms with Crippen LogP contribution in [0.4, 0.5) is 10.5 Å². The van der Waals surface area contributed by atoms with Crippen LogP contribution in [0.2, 0.25) is 0 Å². The number of nitrogens with two attached hydrogens (primary N) is 1. The molecule has 2 aromatic rings. The van der Waals surface area contributed by atoms with E-state index in [0.29, 0.717) is 11.3 Å². The minimum atomic E-state index is -1.10. The summed E-state index contributed by atoms with van der Waals surface area (Å²) in [6.07, 6.45) is -2.10. The van der Waals surface area contributed by atoms with Gasteiger partial charge in [0.1, 0.15) is 0 Å². The molecule has 0 saturated heterocycles. The Labute approximate surface area is 133 Å². The fourth-order valence-electron chi connectivity index (χ4n) is 1.96. The molecule has 2 atom stereocenters. The van der Waals surface area contributed by atoms with Gasteiger partial charge in [-0.25, -0.2) is 10.3 Å². The number of carbonyl (C=O) groups excluding carboxylic acids is 1. The van der Waals surface area contributed by atoms with E-state index in [-0.39, 0.29) is 0 Å². The molecule has 0 aliphatic rings. The Morgan fingerprint density at radius 3 is 2.35 bits per heavy atom. The first-order valence-electron chi connectivity index (χ1n) is 6.95. The molecule has 0 saturated carbocycles. The van der Waals surface area contributed by atoms with Crippen molar-refractivity contribution in [2.75, 3.05) is 0 Å². The molecular weight excluding hydrogens is 294 g/mol. The Morgan fingerprint density at radius 2 is 1.78 bits per heavy atom. The molecule has 1 amide bonds. The summed E-state index contributed by atoms with van der Waals surface area (Å²) in [5.74, 6) is 0. The zero-order chi connectivity index (χ0) is 16.7. The normalized spacial score (nSPS) is 13.4. The van der Waals surface area contributed by atoms with Crippen molar-refractivity contribution in [3.63, 3.8) is 0 Å². The standard InChI is InChI=1S/C16H17N5O2/c1-11-7-9-13(10-8-11)20-21-15(23-16(17)22)14(19-18)12-5-3-2-4-6-12/h2-10,14-15,18H,1H3,(H2,17,22). The molecule has 23 heavy (non-hydrogen) atoms. The summed E-state index contributed by atoms with van der Waals surface area (Å²) >= 11 is 0. The van der Waals surface area contributed by atoms with E-state index in [0.717, 1.165) is 5.56 Å². The monoisotopic (exact) mass is 311 g/mol. The molecule has 0 bridgehead atoms. The van der Waals surface area contributed by atoms with Gasteiger partial charge in [-0.1, -0.05) is 48.0 Å². The lowest BCUT2D eigenvalue weighted by molar-refractivity contribution is 0.0898. The van der Waals surface area contributed by atoms with Gasteiger partial charge in [0.25, 0.3) is 0 Å². The van der Waals surface area contributed by atoms with Gasteiger partial charge in [0.2, 0.25) is 6.23 Å². The summed E-state index contributed by atoms with van der Waals surface area (Å²) in [5.41, 5.74) is 14.8. The van der Waals surface area contributed by atoms with Gasteiger partial charge in [-0.15, -0.1) is 5.11 Å². The Hall–Kier alpha value is -3.09. The predicted octanol–water partition coefficient (Wildman–Crippen LogP) is 4.27. The number of ether oxygens (including phenoxy) is 1. The van der Waals surface area contributed by atoms with E-state index >= 15 is 0 Å². The number of azo groups is 1. The van der Waals surface area contributed by atoms with Gasteiger partial charge < -0.3 is 10.5 Å². The molecule has 0 heterocycles. The van der Waals surface area contributed by atoms with Crippen molar-refractivity contribution in [2.24, 2.45) is 21.1 Å². The highest BCUT2D eigenvalue weighted by Gasteiger charge is 2.26. The van der Waals surface area contributed by atoms with Crippen molar-refractivity contribution < 1.29 is 9.53 Å². The smallest absolute Gasteiger partial charge is 0.406 e. The van der Waals surface area contributed by atoms with Crippen LogP contribution >= 0.6 is 0 Å². The van der Waals surface area contributed by atoms with Gasteiger partial charge in [0, 0.05) is 0 Å². The van der Waals surface area contributed by atoms with Crippen LogP contribution in [-0.4, -0.2) is 12.3 Å². The highest BCUT2D eigenvalue weighted by molar-refractivity contribution is 5.64. The van der Waals surface area contributed by atoms with Crippen LogP contribution in [0.15, 0.2) is 69.9 Å². The van der Waals surface area contributed by atoms with E-state index in [1.54, 1.807) is 36.4 Å². The van der Waals surface area contributed by atoms with Gasteiger partial charge >= 0.3 is 6.09 Å². The summed E-state index contributed by atoms with van der Waals surface area (Å²) in [6, 6.07) is 15.5. The average molecular weight is 311 g/mol. The Kier molecular flexibility index (Phi) is 5.51. The second-order valence-corrected chi connectivity index (χ2v) is 4.86. The van der Waals surface area contributed by atoms with Crippen molar-refractivity contribution in [1.82, 2.24) is 0 Å². The number of nitrogens with zero attached hydrogens (tertiary/aromatic N) is 3. The Balaban J connectivity index is 2.26. The fraction of sp³-hybridized carbons (Fsp3) is 0.188. The number of primary amides is 1. The molecule has 0 radical (unpaired) electrons. The summed E-state index contributed by atoms with van der Waals surface area (Å²) < 4.78 is 4.97. The Bertz CT molecular complexity index is 685. The molecule has 0 aliphatic heterocycles. The van der Waals surface area contributed by atoms with Crippen molar-refractivity contribution in [3.8, 4) is 0 Å². The molecule has 0 aromatic heterocycles. The van der Waals surface area contributed by atoms with E-state index in [1.165, 1.54) is 0 Å². The fourth-order valence-corrected chi connectivity index (χ4v) is 1.96. The number of nitrogens with one attached hydrogen (secondary N) is 1. The lowest BCUT2D eigenvalue weighted by atomic mass is 10.1. The molecule has 0 fully saturated rings. The van der Waals surface area contributed by atoms with Crippen LogP contribution in [-0.2, 0) is 4.74 Å². The molecular formula is C16H17N5O2. The summed E-state index contributed by atoms with van der Waals surface area (Å²) in [4.78, 5) is 11.1. The maximum atomic E-state index is 11.1. The van der Waals surface area contributed by atoms with Crippen LogP contribution in [0.25, 0.3) is 0 Å². The topological polar surface area (TPSA) is 113 Å². The van der Waals surface area contributed by atoms with Gasteiger partial charge in [-0.3, -0.25) is 0 Å². The molecule has 2 rings (SSSR count). The highest BCUT2D eigenvalue weighted by Crippen LogP contribution is 2.26. The molecule has 0 aliphatic carbocycles. The van der Waals surface area contributed by atoms with Crippen LogP contribution < -0.4 is 5.73 Å². The van der Waals surface area contributed by atoms with Crippen LogP contribution in [0.1, 0.15) is 17.2 Å². The van der Waals surface area contributed by atoms with E-state index in [2.05, 4.69) is 15.3 Å². The number of hydrogen-bond donors (Lipinski definition) is 2. The van der Waals surface area contributed by atoms with Crippen molar-refractivity contribution in [2.45, 2.75) is 19.2 Å². The third-order valence-corrected chi connectivity index (χ3v) is 3.11. The number of aryl methyl sites for hydroxylation is 1. The lowest BCUT2D eigenvalue weighted by Crippen LogP contribution is -2.25. The number of carbonyl (C=O) groups is 1. The molecule has 2 unspecified atom stereocenters. The minimum Gasteiger partial charge on any atom is -0.419 e. The van der Waals surface area contributed by atoms with Crippen LogP contribution in [0.5, 0.6) is 0 Å². The van der Waals surface area contributed by atoms with Crippen molar-refractivity contribution in [3.05, 3.63) is 65.7 Å². The maximum Gasteiger partial charge on any atom is 0.406 e. The van der Waals surface area contributed by atoms with Gasteiger partial charge in [-0.05, 0) is 24.6 Å². The Morgan fingerprint density at radius 1 is 1.13 bits per heavy atom. The van der Waals surface area contributed by atoms with Gasteiger partial charge in [0.05, 0.1) is 5.69 Å². The second kappa shape index (κ2) is 7.79. The van der Waals surface area contributed by atoms with Crippen molar-refractivity contribution >= 4 is 11.8 Å². The largest absolute Gasteiger partial charge is 0.419 e. The van der Waals surface area contributed by atoms with Crippen LogP contribution in [0, 0.1) is 12.5 Å². The summed E-state index contributed by atoms with van der Waals surface area (Å²) in [5, 5.41) is 11.5. The van der Waals surface area contributed by atoms with Gasteiger partial charge in [-0.2, -0.15) is 10.2 Å². The van der Waals surface area contributed by atoms with E-state index in [1.807, 2.05) is 25.1 Å². The molecule has 7 nitrogen and oxygen atoms in total. The van der Waals surface area contributed by atoms with Gasteiger partial charge in [0.15, 0.2) is 6.04 Å². The first-order valence-corrected chi connectivity index (χ1v) is 6.95. The van der Waals surface area contributed by atoms with Crippen molar-refractivity contribution in [1.29, 1.82) is 5.53 Å². The van der Waals surface area contributed by atoms with E-state index in [4.69, 9.17) is 16.0 Å². The number of benzene rings is 2. The quantitative estimate of drug-likeness (QED) is 0.776.